The van der Waals surface area contributed by atoms with E-state index >= 15 is 0 Å². The van der Waals surface area contributed by atoms with Crippen molar-refractivity contribution in [2.75, 3.05) is 6.54 Å². The number of benzene rings is 2. The van der Waals surface area contributed by atoms with Crippen LogP contribution in [0.5, 0.6) is 0 Å². The molecule has 0 aliphatic rings. The molecule has 2 aromatic rings. The van der Waals surface area contributed by atoms with Gasteiger partial charge in [0.25, 0.3) is 0 Å². The average molecular weight is 310 g/mol. The van der Waals surface area contributed by atoms with E-state index in [-0.39, 0.29) is 18.0 Å². The first-order valence-electron chi connectivity index (χ1n) is 6.95. The first-order chi connectivity index (χ1) is 10.0. The molecule has 0 aliphatic carbocycles. The predicted octanol–water partition coefficient (Wildman–Crippen LogP) is 4.82. The van der Waals surface area contributed by atoms with Gasteiger partial charge in [-0.05, 0) is 49.2 Å². The van der Waals surface area contributed by atoms with E-state index in [0.717, 1.165) is 11.1 Å². The van der Waals surface area contributed by atoms with Crippen molar-refractivity contribution in [1.29, 1.82) is 0 Å². The van der Waals surface area contributed by atoms with Gasteiger partial charge in [-0.25, -0.2) is 8.78 Å². The Balaban J connectivity index is 2.35. The van der Waals surface area contributed by atoms with E-state index in [9.17, 15) is 8.78 Å². The Kier molecular flexibility index (Phi) is 5.32. The Morgan fingerprint density at radius 3 is 2.38 bits per heavy atom. The minimum absolute atomic E-state index is 0.0834. The van der Waals surface area contributed by atoms with Crippen LogP contribution in [0.4, 0.5) is 8.78 Å². The SMILES string of the molecule is CCNC(Cc1c(F)cccc1F)c1ccc(C)cc1Cl. The van der Waals surface area contributed by atoms with Crippen molar-refractivity contribution in [2.24, 2.45) is 0 Å². The monoisotopic (exact) mass is 309 g/mol. The van der Waals surface area contributed by atoms with Gasteiger partial charge in [-0.1, -0.05) is 36.7 Å². The second-order valence-electron chi connectivity index (χ2n) is 5.04. The quantitative estimate of drug-likeness (QED) is 0.835. The highest BCUT2D eigenvalue weighted by molar-refractivity contribution is 6.31. The molecule has 0 fully saturated rings. The molecule has 4 heteroatoms. The second-order valence-corrected chi connectivity index (χ2v) is 5.45. The highest BCUT2D eigenvalue weighted by Crippen LogP contribution is 2.28. The molecule has 2 aromatic carbocycles. The summed E-state index contributed by atoms with van der Waals surface area (Å²) in [5.41, 5.74) is 1.99. The van der Waals surface area contributed by atoms with Crippen molar-refractivity contribution in [3.63, 3.8) is 0 Å². The number of hydrogen-bond acceptors (Lipinski definition) is 1. The average Bonchev–Trinajstić information content (AvgIpc) is 2.42. The number of nitrogens with one attached hydrogen (secondary N) is 1. The molecule has 0 radical (unpaired) electrons. The van der Waals surface area contributed by atoms with Gasteiger partial charge in [0, 0.05) is 16.6 Å². The molecule has 1 unspecified atom stereocenters. The molecule has 0 aromatic heterocycles. The number of aryl methyl sites for hydroxylation is 1. The molecule has 0 saturated heterocycles. The molecule has 1 nitrogen and oxygen atoms in total. The molecule has 2 rings (SSSR count). The van der Waals surface area contributed by atoms with Gasteiger partial charge in [0.15, 0.2) is 0 Å². The zero-order chi connectivity index (χ0) is 15.4. The Morgan fingerprint density at radius 1 is 1.14 bits per heavy atom. The summed E-state index contributed by atoms with van der Waals surface area (Å²) in [4.78, 5) is 0. The molecular weight excluding hydrogens is 292 g/mol. The second kappa shape index (κ2) is 7.01. The Bertz CT molecular complexity index is 608. The third-order valence-electron chi connectivity index (χ3n) is 3.45. The van der Waals surface area contributed by atoms with Crippen LogP contribution in [-0.4, -0.2) is 6.54 Å². The van der Waals surface area contributed by atoms with Crippen LogP contribution in [0, 0.1) is 18.6 Å². The number of rotatable bonds is 5. The summed E-state index contributed by atoms with van der Waals surface area (Å²) in [5, 5.41) is 3.85. The third kappa shape index (κ3) is 3.80. The first kappa shape index (κ1) is 15.9. The van der Waals surface area contributed by atoms with Crippen LogP contribution in [0.15, 0.2) is 36.4 Å². The van der Waals surface area contributed by atoms with Crippen molar-refractivity contribution >= 4 is 11.6 Å². The van der Waals surface area contributed by atoms with Crippen LogP contribution in [0.1, 0.15) is 29.7 Å². The molecule has 0 heterocycles. The van der Waals surface area contributed by atoms with Crippen molar-refractivity contribution in [3.8, 4) is 0 Å². The van der Waals surface area contributed by atoms with Crippen molar-refractivity contribution in [2.45, 2.75) is 26.3 Å². The Labute approximate surface area is 128 Å². The molecule has 0 spiro atoms. The molecule has 21 heavy (non-hydrogen) atoms. The van der Waals surface area contributed by atoms with E-state index in [1.54, 1.807) is 0 Å². The van der Waals surface area contributed by atoms with Crippen LogP contribution in [0.3, 0.4) is 0 Å². The summed E-state index contributed by atoms with van der Waals surface area (Å²) in [7, 11) is 0. The summed E-state index contributed by atoms with van der Waals surface area (Å²) in [6.45, 7) is 4.59. The van der Waals surface area contributed by atoms with E-state index in [4.69, 9.17) is 11.6 Å². The number of halogens is 3. The molecule has 112 valence electrons. The van der Waals surface area contributed by atoms with E-state index in [0.29, 0.717) is 11.6 Å². The largest absolute Gasteiger partial charge is 0.310 e. The normalized spacial score (nSPS) is 12.4. The minimum Gasteiger partial charge on any atom is -0.310 e. The molecule has 1 N–H and O–H groups in total. The first-order valence-corrected chi connectivity index (χ1v) is 7.33. The highest BCUT2D eigenvalue weighted by Gasteiger charge is 2.18. The summed E-state index contributed by atoms with van der Waals surface area (Å²) in [6.07, 6.45) is 0.217. The smallest absolute Gasteiger partial charge is 0.129 e. The van der Waals surface area contributed by atoms with Gasteiger partial charge >= 0.3 is 0 Å². The summed E-state index contributed by atoms with van der Waals surface area (Å²) in [5.74, 6) is -1.05. The fourth-order valence-electron chi connectivity index (χ4n) is 2.38. The lowest BCUT2D eigenvalue weighted by atomic mass is 9.97. The topological polar surface area (TPSA) is 12.0 Å². The molecule has 0 bridgehead atoms. The number of hydrogen-bond donors (Lipinski definition) is 1. The third-order valence-corrected chi connectivity index (χ3v) is 3.78. The lowest BCUT2D eigenvalue weighted by molar-refractivity contribution is 0.499. The van der Waals surface area contributed by atoms with Crippen LogP contribution < -0.4 is 5.32 Å². The fraction of sp³-hybridized carbons (Fsp3) is 0.294. The van der Waals surface area contributed by atoms with Gasteiger partial charge in [0.2, 0.25) is 0 Å². The van der Waals surface area contributed by atoms with Crippen molar-refractivity contribution < 1.29 is 8.78 Å². The van der Waals surface area contributed by atoms with Gasteiger partial charge < -0.3 is 5.32 Å². The minimum atomic E-state index is -0.527. The van der Waals surface area contributed by atoms with Crippen LogP contribution in [0.25, 0.3) is 0 Å². The van der Waals surface area contributed by atoms with Gasteiger partial charge in [0.1, 0.15) is 11.6 Å². The van der Waals surface area contributed by atoms with Gasteiger partial charge in [0.05, 0.1) is 0 Å². The standard InChI is InChI=1S/C17H18ClF2N/c1-3-21-17(12-8-7-11(2)9-14(12)18)10-13-15(19)5-4-6-16(13)20/h4-9,17,21H,3,10H2,1-2H3. The van der Waals surface area contributed by atoms with E-state index in [2.05, 4.69) is 5.32 Å². The van der Waals surface area contributed by atoms with E-state index < -0.39 is 11.6 Å². The van der Waals surface area contributed by atoms with Crippen molar-refractivity contribution in [1.82, 2.24) is 5.32 Å². The summed E-state index contributed by atoms with van der Waals surface area (Å²) >= 11 is 6.28. The van der Waals surface area contributed by atoms with Crippen molar-refractivity contribution in [3.05, 3.63) is 69.7 Å². The Hall–Kier alpha value is -1.45. The lowest BCUT2D eigenvalue weighted by Crippen LogP contribution is -2.24. The van der Waals surface area contributed by atoms with Gasteiger partial charge in [-0.2, -0.15) is 0 Å². The number of likely N-dealkylation sites (N-methyl/N-ethyl adjacent to an activating group) is 1. The maximum Gasteiger partial charge on any atom is 0.129 e. The molecule has 0 saturated carbocycles. The zero-order valence-corrected chi connectivity index (χ0v) is 12.8. The molecular formula is C17H18ClF2N. The highest BCUT2D eigenvalue weighted by atomic mass is 35.5. The predicted molar refractivity (Wildman–Crippen MR) is 82.7 cm³/mol. The zero-order valence-electron chi connectivity index (χ0n) is 12.1. The molecule has 1 atom stereocenters. The van der Waals surface area contributed by atoms with E-state index in [1.807, 2.05) is 32.0 Å². The lowest BCUT2D eigenvalue weighted by Gasteiger charge is -2.20. The van der Waals surface area contributed by atoms with Crippen LogP contribution in [0.2, 0.25) is 5.02 Å². The molecule has 0 amide bonds. The Morgan fingerprint density at radius 2 is 1.81 bits per heavy atom. The summed E-state index contributed by atoms with van der Waals surface area (Å²) in [6, 6.07) is 9.41. The fourth-order valence-corrected chi connectivity index (χ4v) is 2.75. The van der Waals surface area contributed by atoms with E-state index in [1.165, 1.54) is 18.2 Å². The van der Waals surface area contributed by atoms with Gasteiger partial charge in [-0.15, -0.1) is 0 Å². The summed E-state index contributed by atoms with van der Waals surface area (Å²) < 4.78 is 27.7. The van der Waals surface area contributed by atoms with Gasteiger partial charge in [-0.3, -0.25) is 0 Å². The maximum absolute atomic E-state index is 13.8. The maximum atomic E-state index is 13.8. The molecule has 0 aliphatic heterocycles. The van der Waals surface area contributed by atoms with Crippen LogP contribution in [-0.2, 0) is 6.42 Å². The van der Waals surface area contributed by atoms with Crippen LogP contribution >= 0.6 is 11.6 Å².